The van der Waals surface area contributed by atoms with Crippen molar-refractivity contribution in [2.24, 2.45) is 17.3 Å². The predicted octanol–water partition coefficient (Wildman–Crippen LogP) is 5.54. The van der Waals surface area contributed by atoms with Gasteiger partial charge < -0.3 is 15.3 Å². The van der Waals surface area contributed by atoms with Crippen LogP contribution in [0.4, 0.5) is 22.0 Å². The van der Waals surface area contributed by atoms with Gasteiger partial charge in [0.25, 0.3) is 0 Å². The van der Waals surface area contributed by atoms with Crippen molar-refractivity contribution in [3.8, 4) is 0 Å². The lowest BCUT2D eigenvalue weighted by Crippen LogP contribution is -2.65. The second-order valence-corrected chi connectivity index (χ2v) is 11.3. The number of ketones is 1. The number of aliphatic hydroxyl groups is 3. The highest BCUT2D eigenvalue weighted by atomic mass is 19.4. The van der Waals surface area contributed by atoms with Gasteiger partial charge in [0.2, 0.25) is 0 Å². The average Bonchev–Trinajstić information content (AvgIpc) is 3.13. The third-order valence-corrected chi connectivity index (χ3v) is 9.64. The van der Waals surface area contributed by atoms with Gasteiger partial charge in [-0.05, 0) is 66.2 Å². The molecule has 4 nitrogen and oxygen atoms in total. The molecule has 0 heterocycles. The Morgan fingerprint density at radius 2 is 1.78 bits per heavy atom. The van der Waals surface area contributed by atoms with Crippen LogP contribution in [0.3, 0.4) is 0 Å². The minimum atomic E-state index is -5.89. The van der Waals surface area contributed by atoms with Crippen LogP contribution in [0.15, 0.2) is 47.1 Å². The van der Waals surface area contributed by atoms with Gasteiger partial charge in [-0.2, -0.15) is 22.0 Å². The Labute approximate surface area is 211 Å². The van der Waals surface area contributed by atoms with Crippen LogP contribution in [0, 0.1) is 17.3 Å². The molecule has 6 atom stereocenters. The predicted molar refractivity (Wildman–Crippen MR) is 125 cm³/mol. The van der Waals surface area contributed by atoms with Gasteiger partial charge in [0, 0.05) is 24.2 Å². The number of benzene rings is 1. The standard InChI is InChI=1S/C28H31F5O4/c1-25-13-21(15-2-4-16(5-3-15)23(36)14-34)24-19-9-7-18(35)12-17(19)6-8-20(24)22(25)10-11-26(25,37)27(29,30)28(31,32)33/h2-6,20-23,34,36-37H,7-14H2,1H3/t20-,21+,22-,23-,25-,26-/m0/s1. The minimum absolute atomic E-state index is 0.0522. The molecule has 202 valence electrons. The van der Waals surface area contributed by atoms with E-state index in [1.165, 1.54) is 6.92 Å². The normalized spacial score (nSPS) is 35.0. The van der Waals surface area contributed by atoms with E-state index in [9.17, 15) is 42.1 Å². The van der Waals surface area contributed by atoms with Crippen LogP contribution in [0.1, 0.15) is 75.0 Å². The maximum atomic E-state index is 15.0. The van der Waals surface area contributed by atoms with Crippen molar-refractivity contribution >= 4 is 5.78 Å². The lowest BCUT2D eigenvalue weighted by molar-refractivity contribution is -0.362. The number of hydrogen-bond acceptors (Lipinski definition) is 4. The third kappa shape index (κ3) is 3.75. The summed E-state index contributed by atoms with van der Waals surface area (Å²) in [5, 5.41) is 30.5. The van der Waals surface area contributed by atoms with Gasteiger partial charge in [0.15, 0.2) is 0 Å². The fraction of sp³-hybridized carbons (Fsp3) is 0.607. The zero-order chi connectivity index (χ0) is 27.0. The van der Waals surface area contributed by atoms with Crippen molar-refractivity contribution in [1.82, 2.24) is 0 Å². The van der Waals surface area contributed by atoms with E-state index in [0.717, 1.165) is 16.7 Å². The number of hydrogen-bond donors (Lipinski definition) is 3. The monoisotopic (exact) mass is 526 g/mol. The van der Waals surface area contributed by atoms with E-state index in [1.807, 2.05) is 6.08 Å². The Morgan fingerprint density at radius 1 is 1.11 bits per heavy atom. The average molecular weight is 527 g/mol. The molecule has 0 radical (unpaired) electrons. The Hall–Kier alpha value is -2.10. The molecule has 4 aliphatic rings. The first kappa shape index (κ1) is 26.5. The summed E-state index contributed by atoms with van der Waals surface area (Å²) in [5.74, 6) is -6.59. The van der Waals surface area contributed by atoms with E-state index in [1.54, 1.807) is 24.3 Å². The van der Waals surface area contributed by atoms with Crippen LogP contribution in [0.5, 0.6) is 0 Å². The first-order valence-electron chi connectivity index (χ1n) is 12.7. The van der Waals surface area contributed by atoms with Gasteiger partial charge in [-0.25, -0.2) is 0 Å². The zero-order valence-corrected chi connectivity index (χ0v) is 20.5. The molecule has 0 bridgehead atoms. The molecule has 3 N–H and O–H groups in total. The Morgan fingerprint density at radius 3 is 2.41 bits per heavy atom. The number of Topliss-reactive ketones (excluding diaryl/α,β-unsaturated/α-hetero) is 1. The molecule has 0 spiro atoms. The molecule has 0 unspecified atom stereocenters. The number of aliphatic hydroxyl groups excluding tert-OH is 2. The fourth-order valence-electron chi connectivity index (χ4n) is 7.71. The summed E-state index contributed by atoms with van der Waals surface area (Å²) < 4.78 is 70.8. The number of halogens is 5. The van der Waals surface area contributed by atoms with Crippen molar-refractivity contribution in [3.63, 3.8) is 0 Å². The highest BCUT2D eigenvalue weighted by Gasteiger charge is 2.79. The van der Waals surface area contributed by atoms with E-state index in [-0.39, 0.29) is 31.0 Å². The quantitative estimate of drug-likeness (QED) is 0.451. The second-order valence-electron chi connectivity index (χ2n) is 11.3. The zero-order valence-electron chi connectivity index (χ0n) is 20.5. The van der Waals surface area contributed by atoms with Gasteiger partial charge in [-0.1, -0.05) is 42.8 Å². The van der Waals surface area contributed by atoms with E-state index >= 15 is 0 Å². The molecular weight excluding hydrogens is 495 g/mol. The molecule has 1 aromatic rings. The van der Waals surface area contributed by atoms with E-state index in [2.05, 4.69) is 0 Å². The van der Waals surface area contributed by atoms with Gasteiger partial charge in [0.05, 0.1) is 6.61 Å². The van der Waals surface area contributed by atoms with Gasteiger partial charge in [0.1, 0.15) is 17.5 Å². The molecule has 37 heavy (non-hydrogen) atoms. The molecule has 0 aromatic heterocycles. The van der Waals surface area contributed by atoms with Crippen molar-refractivity contribution in [3.05, 3.63) is 58.2 Å². The second kappa shape index (κ2) is 8.71. The topological polar surface area (TPSA) is 77.8 Å². The summed E-state index contributed by atoms with van der Waals surface area (Å²) in [5.41, 5.74) is -0.931. The van der Waals surface area contributed by atoms with Crippen molar-refractivity contribution < 1.29 is 42.1 Å². The molecule has 5 rings (SSSR count). The Balaban J connectivity index is 1.65. The molecule has 1 aromatic carbocycles. The first-order chi connectivity index (χ1) is 17.2. The molecular formula is C28H31F5O4. The van der Waals surface area contributed by atoms with E-state index in [4.69, 9.17) is 0 Å². The van der Waals surface area contributed by atoms with Crippen molar-refractivity contribution in [1.29, 1.82) is 0 Å². The van der Waals surface area contributed by atoms with Crippen LogP contribution in [0.2, 0.25) is 0 Å². The third-order valence-electron chi connectivity index (χ3n) is 9.64. The smallest absolute Gasteiger partial charge is 0.393 e. The van der Waals surface area contributed by atoms with Gasteiger partial charge in [-0.3, -0.25) is 4.79 Å². The van der Waals surface area contributed by atoms with Gasteiger partial charge in [-0.15, -0.1) is 0 Å². The summed E-state index contributed by atoms with van der Waals surface area (Å²) in [4.78, 5) is 12.2. The van der Waals surface area contributed by atoms with Crippen LogP contribution in [-0.2, 0) is 4.79 Å². The summed E-state index contributed by atoms with van der Waals surface area (Å²) in [6.07, 6.45) is -4.18. The van der Waals surface area contributed by atoms with Gasteiger partial charge >= 0.3 is 12.1 Å². The molecule has 9 heteroatoms. The lowest BCUT2D eigenvalue weighted by Gasteiger charge is -2.55. The summed E-state index contributed by atoms with van der Waals surface area (Å²) in [6.45, 7) is 0.897. The summed E-state index contributed by atoms with van der Waals surface area (Å²) in [7, 11) is 0. The molecule has 3 saturated carbocycles. The minimum Gasteiger partial charge on any atom is -0.393 e. The number of carbonyl (C=O) groups is 1. The first-order valence-corrected chi connectivity index (χ1v) is 12.7. The van der Waals surface area contributed by atoms with Crippen LogP contribution >= 0.6 is 0 Å². The number of alkyl halides is 5. The lowest BCUT2D eigenvalue weighted by atomic mass is 9.51. The van der Waals surface area contributed by atoms with Crippen LogP contribution < -0.4 is 0 Å². The summed E-state index contributed by atoms with van der Waals surface area (Å²) in [6, 6.07) is 6.63. The molecule has 0 amide bonds. The van der Waals surface area contributed by atoms with Crippen molar-refractivity contribution in [2.75, 3.05) is 6.61 Å². The van der Waals surface area contributed by atoms with Crippen LogP contribution in [0.25, 0.3) is 0 Å². The van der Waals surface area contributed by atoms with E-state index in [0.29, 0.717) is 30.4 Å². The molecule has 0 saturated heterocycles. The van der Waals surface area contributed by atoms with Crippen LogP contribution in [-0.4, -0.2) is 45.4 Å². The maximum absolute atomic E-state index is 15.0. The Bertz CT molecular complexity index is 1150. The summed E-state index contributed by atoms with van der Waals surface area (Å²) >= 11 is 0. The number of fused-ring (bicyclic) bond motifs is 4. The van der Waals surface area contributed by atoms with E-state index < -0.39 is 54.1 Å². The highest BCUT2D eigenvalue weighted by molar-refractivity contribution is 5.84. The maximum Gasteiger partial charge on any atom is 0.456 e. The van der Waals surface area contributed by atoms with Crippen molar-refractivity contribution in [2.45, 2.75) is 81.6 Å². The number of carbonyl (C=O) groups excluding carboxylic acids is 1. The SMILES string of the molecule is C[C@]12C[C@H](c3ccc([C@@H](O)CO)cc3)C3=C4CCC(=O)CC4=CC[C@H]3[C@@H]1CC[C@@]2(O)C(F)(F)C(F)(F)F. The highest BCUT2D eigenvalue weighted by Crippen LogP contribution is 2.70. The number of allylic oxidation sites excluding steroid dienone is 4. The number of rotatable bonds is 4. The molecule has 4 aliphatic carbocycles. The molecule has 3 fully saturated rings. The fourth-order valence-corrected chi connectivity index (χ4v) is 7.71. The largest absolute Gasteiger partial charge is 0.456 e. The molecule has 0 aliphatic heterocycles. The Kier molecular flexibility index (Phi) is 6.24.